The van der Waals surface area contributed by atoms with E-state index in [0.29, 0.717) is 5.98 Å². The molecule has 0 saturated carbocycles. The van der Waals surface area contributed by atoms with E-state index < -0.39 is 6.18 Å². The van der Waals surface area contributed by atoms with E-state index in [4.69, 9.17) is 0 Å². The zero-order valence-electron chi connectivity index (χ0n) is 3.37. The molecule has 0 aliphatic heterocycles. The Hall–Kier alpha value is -0.405. The van der Waals surface area contributed by atoms with E-state index in [2.05, 4.69) is 7.85 Å². The van der Waals surface area contributed by atoms with Crippen LogP contribution < -0.4 is 0 Å². The molecule has 0 aromatic rings. The molecule has 7 heavy (non-hydrogen) atoms. The fourth-order valence-electron chi connectivity index (χ4n) is 0.109. The molecule has 0 heterocycles. The second-order valence-corrected chi connectivity index (χ2v) is 0.901. The predicted molar refractivity (Wildman–Crippen MR) is 20.9 cm³/mol. The molecule has 0 aromatic heterocycles. The fraction of sp³-hybridized carbons (Fsp3) is 0.333. The first-order chi connectivity index (χ1) is 3.06. The van der Waals surface area contributed by atoms with Crippen molar-refractivity contribution in [1.82, 2.24) is 0 Å². The van der Waals surface area contributed by atoms with Gasteiger partial charge in [0, 0.05) is 6.08 Å². The topological polar surface area (TPSA) is 0 Å². The third-order valence-corrected chi connectivity index (χ3v) is 0.285. The molecular formula is C3H2BF3. The third-order valence-electron chi connectivity index (χ3n) is 0.285. The van der Waals surface area contributed by atoms with Crippen molar-refractivity contribution in [3.05, 3.63) is 12.1 Å². The van der Waals surface area contributed by atoms with Crippen LogP contribution in [0.3, 0.4) is 0 Å². The minimum absolute atomic E-state index is 0.0347. The predicted octanol–water partition coefficient (Wildman–Crippen LogP) is 1.23. The van der Waals surface area contributed by atoms with Gasteiger partial charge in [0.15, 0.2) is 0 Å². The number of halogens is 3. The number of alkyl halides is 3. The van der Waals surface area contributed by atoms with Crippen LogP contribution in [-0.2, 0) is 0 Å². The summed E-state index contributed by atoms with van der Waals surface area (Å²) in [7, 11) is 4.41. The van der Waals surface area contributed by atoms with E-state index in [9.17, 15) is 13.2 Å². The van der Waals surface area contributed by atoms with Gasteiger partial charge >= 0.3 is 6.18 Å². The maximum atomic E-state index is 10.9. The number of rotatable bonds is 0. The smallest absolute Gasteiger partial charge is 0.167 e. The van der Waals surface area contributed by atoms with Crippen molar-refractivity contribution in [2.45, 2.75) is 6.18 Å². The van der Waals surface area contributed by atoms with Gasteiger partial charge in [-0.2, -0.15) is 13.2 Å². The lowest BCUT2D eigenvalue weighted by Gasteiger charge is -1.93. The lowest BCUT2D eigenvalue weighted by atomic mass is 10.1. The van der Waals surface area contributed by atoms with Gasteiger partial charge in [0.05, 0.1) is 0 Å². The van der Waals surface area contributed by atoms with E-state index in [-0.39, 0.29) is 6.08 Å². The highest BCUT2D eigenvalue weighted by atomic mass is 19.4. The van der Waals surface area contributed by atoms with Crippen molar-refractivity contribution in [1.29, 1.82) is 0 Å². The maximum Gasteiger partial charge on any atom is 0.408 e. The summed E-state index contributed by atoms with van der Waals surface area (Å²) in [5, 5.41) is 0. The average Bonchev–Trinajstić information content (AvgIpc) is 1.30. The second-order valence-electron chi connectivity index (χ2n) is 0.901. The zero-order valence-corrected chi connectivity index (χ0v) is 3.37. The van der Waals surface area contributed by atoms with Crippen molar-refractivity contribution in [2.75, 3.05) is 0 Å². The molecule has 0 aliphatic rings. The molecule has 0 nitrogen and oxygen atoms in total. The first kappa shape index (κ1) is 6.59. The summed E-state index contributed by atoms with van der Waals surface area (Å²) < 4.78 is 32.7. The van der Waals surface area contributed by atoms with E-state index in [1.54, 1.807) is 0 Å². The Balaban J connectivity index is 3.56. The molecule has 0 atom stereocenters. The quantitative estimate of drug-likeness (QED) is 0.407. The van der Waals surface area contributed by atoms with Crippen LogP contribution in [-0.4, -0.2) is 14.0 Å². The zero-order chi connectivity index (χ0) is 5.91. The average molecular weight is 106 g/mol. The first-order valence-corrected chi connectivity index (χ1v) is 1.52. The summed E-state index contributed by atoms with van der Waals surface area (Å²) in [5.74, 6) is 0.458. The molecule has 0 saturated heterocycles. The van der Waals surface area contributed by atoms with E-state index >= 15 is 0 Å². The minimum atomic E-state index is -4.26. The maximum absolute atomic E-state index is 10.9. The molecule has 2 radical (unpaired) electrons. The molecular weight excluding hydrogens is 104 g/mol. The highest BCUT2D eigenvalue weighted by Gasteiger charge is 2.20. The second kappa shape index (κ2) is 2.05. The van der Waals surface area contributed by atoms with Gasteiger partial charge in [-0.15, -0.1) is 5.98 Å². The Morgan fingerprint density at radius 3 is 1.71 bits per heavy atom. The monoisotopic (exact) mass is 106 g/mol. The number of hydrogen-bond acceptors (Lipinski definition) is 0. The van der Waals surface area contributed by atoms with E-state index in [0.717, 1.165) is 0 Å². The van der Waals surface area contributed by atoms with Crippen LogP contribution >= 0.6 is 0 Å². The molecule has 0 spiro atoms. The molecule has 0 unspecified atom stereocenters. The molecule has 0 N–H and O–H groups in total. The van der Waals surface area contributed by atoms with Crippen molar-refractivity contribution < 1.29 is 13.2 Å². The van der Waals surface area contributed by atoms with Crippen molar-refractivity contribution in [3.63, 3.8) is 0 Å². The van der Waals surface area contributed by atoms with Crippen LogP contribution in [0.25, 0.3) is 0 Å². The standard InChI is InChI=1S/C3H2BF3/c4-2-1-3(5,6)7/h1-2H/b2-1-. The summed E-state index contributed by atoms with van der Waals surface area (Å²) in [6.45, 7) is 0. The van der Waals surface area contributed by atoms with Crippen LogP contribution in [0, 0.1) is 0 Å². The summed E-state index contributed by atoms with van der Waals surface area (Å²) in [6, 6.07) is 0. The molecule has 0 rings (SSSR count). The van der Waals surface area contributed by atoms with Gasteiger partial charge in [0.1, 0.15) is 7.85 Å². The van der Waals surface area contributed by atoms with Gasteiger partial charge in [0.25, 0.3) is 0 Å². The lowest BCUT2D eigenvalue weighted by Crippen LogP contribution is -1.99. The Morgan fingerprint density at radius 2 is 1.71 bits per heavy atom. The molecule has 0 bridgehead atoms. The van der Waals surface area contributed by atoms with E-state index in [1.807, 2.05) is 0 Å². The van der Waals surface area contributed by atoms with Gasteiger partial charge in [-0.25, -0.2) is 0 Å². The van der Waals surface area contributed by atoms with Gasteiger partial charge < -0.3 is 0 Å². The Bertz CT molecular complexity index is 72.7. The fourth-order valence-corrected chi connectivity index (χ4v) is 0.109. The first-order valence-electron chi connectivity index (χ1n) is 1.52. The lowest BCUT2D eigenvalue weighted by molar-refractivity contribution is -0.0796. The van der Waals surface area contributed by atoms with Crippen LogP contribution in [0.5, 0.6) is 0 Å². The SMILES string of the molecule is [B]/C=C\C(F)(F)F. The Morgan fingerprint density at radius 1 is 1.29 bits per heavy atom. The van der Waals surface area contributed by atoms with Crippen LogP contribution in [0.1, 0.15) is 0 Å². The van der Waals surface area contributed by atoms with Gasteiger partial charge in [-0.1, -0.05) is 0 Å². The van der Waals surface area contributed by atoms with Crippen molar-refractivity contribution in [2.24, 2.45) is 0 Å². The summed E-state index contributed by atoms with van der Waals surface area (Å²) >= 11 is 0. The van der Waals surface area contributed by atoms with Crippen molar-refractivity contribution in [3.8, 4) is 0 Å². The Labute approximate surface area is 40.4 Å². The highest BCUT2D eigenvalue weighted by molar-refractivity contribution is 6.17. The summed E-state index contributed by atoms with van der Waals surface area (Å²) in [4.78, 5) is 0. The van der Waals surface area contributed by atoms with Gasteiger partial charge in [-0.05, 0) is 0 Å². The summed E-state index contributed by atoms with van der Waals surface area (Å²) in [5.41, 5.74) is 0. The largest absolute Gasteiger partial charge is 0.408 e. The molecule has 4 heteroatoms. The molecule has 0 aliphatic carbocycles. The highest BCUT2D eigenvalue weighted by Crippen LogP contribution is 2.14. The molecule has 38 valence electrons. The third kappa shape index (κ3) is 5.59. The summed E-state index contributed by atoms with van der Waals surface area (Å²) in [6.07, 6.45) is -4.29. The molecule has 0 aromatic carbocycles. The normalized spacial score (nSPS) is 13.0. The van der Waals surface area contributed by atoms with Crippen LogP contribution in [0.15, 0.2) is 12.1 Å². The van der Waals surface area contributed by atoms with Crippen molar-refractivity contribution >= 4 is 7.85 Å². The van der Waals surface area contributed by atoms with Gasteiger partial charge in [0.2, 0.25) is 0 Å². The van der Waals surface area contributed by atoms with Gasteiger partial charge in [-0.3, -0.25) is 0 Å². The minimum Gasteiger partial charge on any atom is -0.167 e. The number of allylic oxidation sites excluding steroid dienone is 1. The molecule has 0 fully saturated rings. The van der Waals surface area contributed by atoms with Crippen LogP contribution in [0.2, 0.25) is 0 Å². The number of hydrogen-bond donors (Lipinski definition) is 0. The molecule has 0 amide bonds. The Kier molecular flexibility index (Phi) is 1.93. The van der Waals surface area contributed by atoms with Crippen LogP contribution in [0.4, 0.5) is 13.2 Å². The van der Waals surface area contributed by atoms with E-state index in [1.165, 1.54) is 0 Å².